The van der Waals surface area contributed by atoms with Crippen LogP contribution < -0.4 is 4.90 Å². The minimum Gasteiger partial charge on any atom is -0.456 e. The predicted octanol–water partition coefficient (Wildman–Crippen LogP) is 13.4. The number of anilines is 3. The van der Waals surface area contributed by atoms with E-state index >= 15 is 0 Å². The zero-order valence-corrected chi connectivity index (χ0v) is 26.5. The molecule has 0 aliphatic heterocycles. The molecule has 0 bridgehead atoms. The standard InChI is InChI=1S/C46H29NO2/c1-3-11-30(12-4-1)32-19-20-34-28-35(22-21-33(34)27-32)47(36-23-24-39-38-15-7-9-17-42(38)48-44(39)29-36)41-26-25-37(31-13-5-2-6-14-31)45-40-16-8-10-18-43(40)49-46(41)45/h1-29H. The number of para-hydroxylation sites is 2. The Balaban J connectivity index is 1.22. The van der Waals surface area contributed by atoms with E-state index < -0.39 is 0 Å². The molecule has 0 atom stereocenters. The summed E-state index contributed by atoms with van der Waals surface area (Å²) >= 11 is 0. The summed E-state index contributed by atoms with van der Waals surface area (Å²) in [4.78, 5) is 2.30. The summed E-state index contributed by atoms with van der Waals surface area (Å²) in [6.45, 7) is 0. The Morgan fingerprint density at radius 2 is 0.980 bits per heavy atom. The van der Waals surface area contributed by atoms with E-state index in [1.165, 1.54) is 16.5 Å². The van der Waals surface area contributed by atoms with Crippen LogP contribution in [0.4, 0.5) is 17.1 Å². The maximum atomic E-state index is 6.79. The van der Waals surface area contributed by atoms with Gasteiger partial charge in [-0.1, -0.05) is 121 Å². The average Bonchev–Trinajstić information content (AvgIpc) is 3.74. The van der Waals surface area contributed by atoms with E-state index in [0.29, 0.717) is 0 Å². The van der Waals surface area contributed by atoms with Crippen LogP contribution in [0.2, 0.25) is 0 Å². The van der Waals surface area contributed by atoms with Crippen molar-refractivity contribution in [2.75, 3.05) is 4.90 Å². The molecule has 0 saturated carbocycles. The first-order valence-corrected chi connectivity index (χ1v) is 16.6. The van der Waals surface area contributed by atoms with Crippen molar-refractivity contribution in [3.05, 3.63) is 176 Å². The molecular formula is C46H29NO2. The molecule has 0 aliphatic rings. The molecule has 0 fully saturated rings. The number of furan rings is 2. The lowest BCUT2D eigenvalue weighted by Gasteiger charge is -2.26. The van der Waals surface area contributed by atoms with E-state index in [4.69, 9.17) is 8.83 Å². The van der Waals surface area contributed by atoms with E-state index in [2.05, 4.69) is 163 Å². The van der Waals surface area contributed by atoms with Gasteiger partial charge in [0.2, 0.25) is 0 Å². The third-order valence-corrected chi connectivity index (χ3v) is 9.64. The number of hydrogen-bond donors (Lipinski definition) is 0. The van der Waals surface area contributed by atoms with Crippen LogP contribution in [0.3, 0.4) is 0 Å². The number of rotatable bonds is 5. The molecule has 8 aromatic carbocycles. The van der Waals surface area contributed by atoms with Gasteiger partial charge in [0, 0.05) is 33.3 Å². The predicted molar refractivity (Wildman–Crippen MR) is 204 cm³/mol. The highest BCUT2D eigenvalue weighted by molar-refractivity contribution is 6.17. The molecular weight excluding hydrogens is 599 g/mol. The third-order valence-electron chi connectivity index (χ3n) is 9.64. The van der Waals surface area contributed by atoms with Crippen LogP contribution in [-0.2, 0) is 0 Å². The molecule has 2 heterocycles. The second-order valence-corrected chi connectivity index (χ2v) is 12.5. The van der Waals surface area contributed by atoms with Crippen molar-refractivity contribution in [2.24, 2.45) is 0 Å². The smallest absolute Gasteiger partial charge is 0.160 e. The van der Waals surface area contributed by atoms with Gasteiger partial charge in [-0.2, -0.15) is 0 Å². The first-order valence-electron chi connectivity index (χ1n) is 16.6. The molecule has 0 amide bonds. The number of hydrogen-bond acceptors (Lipinski definition) is 3. The molecule has 3 nitrogen and oxygen atoms in total. The minimum atomic E-state index is 0.840. The highest BCUT2D eigenvalue weighted by Crippen LogP contribution is 2.47. The molecule has 0 unspecified atom stereocenters. The van der Waals surface area contributed by atoms with Gasteiger partial charge >= 0.3 is 0 Å². The van der Waals surface area contributed by atoms with Crippen LogP contribution in [0, 0.1) is 0 Å². The summed E-state index contributed by atoms with van der Waals surface area (Å²) in [5.74, 6) is 0. The Hall–Kier alpha value is -6.58. The van der Waals surface area contributed by atoms with Gasteiger partial charge in [-0.15, -0.1) is 0 Å². The summed E-state index contributed by atoms with van der Waals surface area (Å²) in [5.41, 5.74) is 11.1. The molecule has 49 heavy (non-hydrogen) atoms. The Labute approximate surface area is 282 Å². The second kappa shape index (κ2) is 11.0. The largest absolute Gasteiger partial charge is 0.456 e. The Morgan fingerprint density at radius 1 is 0.367 bits per heavy atom. The van der Waals surface area contributed by atoms with E-state index in [9.17, 15) is 0 Å². The van der Waals surface area contributed by atoms with Crippen LogP contribution >= 0.6 is 0 Å². The van der Waals surface area contributed by atoms with Gasteiger partial charge in [0.05, 0.1) is 11.4 Å². The fourth-order valence-electron chi connectivity index (χ4n) is 7.31. The van der Waals surface area contributed by atoms with E-state index in [1.807, 2.05) is 18.2 Å². The topological polar surface area (TPSA) is 29.5 Å². The van der Waals surface area contributed by atoms with Crippen molar-refractivity contribution in [1.82, 2.24) is 0 Å². The highest BCUT2D eigenvalue weighted by atomic mass is 16.3. The second-order valence-electron chi connectivity index (χ2n) is 12.5. The maximum Gasteiger partial charge on any atom is 0.160 e. The Kier molecular flexibility index (Phi) is 6.18. The zero-order valence-electron chi connectivity index (χ0n) is 26.5. The lowest BCUT2D eigenvalue weighted by Crippen LogP contribution is -2.10. The zero-order chi connectivity index (χ0) is 32.3. The molecule has 10 rings (SSSR count). The summed E-state index contributed by atoms with van der Waals surface area (Å²) in [6.07, 6.45) is 0. The Morgan fingerprint density at radius 3 is 1.80 bits per heavy atom. The van der Waals surface area contributed by atoms with Crippen molar-refractivity contribution in [2.45, 2.75) is 0 Å². The number of benzene rings is 8. The summed E-state index contributed by atoms with van der Waals surface area (Å²) in [7, 11) is 0. The van der Waals surface area contributed by atoms with Gasteiger partial charge in [0.25, 0.3) is 0 Å². The Bertz CT molecular complexity index is 2830. The molecule has 0 aliphatic carbocycles. The van der Waals surface area contributed by atoms with Gasteiger partial charge in [-0.25, -0.2) is 0 Å². The molecule has 230 valence electrons. The number of fused-ring (bicyclic) bond motifs is 7. The molecule has 0 radical (unpaired) electrons. The minimum absolute atomic E-state index is 0.840. The summed E-state index contributed by atoms with van der Waals surface area (Å²) in [5, 5.41) is 6.75. The number of nitrogens with zero attached hydrogens (tertiary/aromatic N) is 1. The normalized spacial score (nSPS) is 11.7. The molecule has 0 saturated heterocycles. The monoisotopic (exact) mass is 627 g/mol. The average molecular weight is 628 g/mol. The van der Waals surface area contributed by atoms with Crippen LogP contribution in [0.15, 0.2) is 185 Å². The lowest BCUT2D eigenvalue weighted by atomic mass is 9.97. The van der Waals surface area contributed by atoms with Gasteiger partial charge < -0.3 is 13.7 Å². The SMILES string of the molecule is c1ccc(-c2ccc3cc(N(c4ccc5c(c4)oc4ccccc45)c4ccc(-c5ccccc5)c5c4oc4ccccc45)ccc3c2)cc1. The van der Waals surface area contributed by atoms with E-state index in [1.54, 1.807) is 0 Å². The summed E-state index contributed by atoms with van der Waals surface area (Å²) < 4.78 is 13.2. The quantitative estimate of drug-likeness (QED) is 0.190. The van der Waals surface area contributed by atoms with Gasteiger partial charge in [0.1, 0.15) is 16.7 Å². The fourth-order valence-corrected chi connectivity index (χ4v) is 7.31. The van der Waals surface area contributed by atoms with Gasteiger partial charge in [0.15, 0.2) is 5.58 Å². The van der Waals surface area contributed by atoms with Gasteiger partial charge in [-0.05, 0) is 81.6 Å². The van der Waals surface area contributed by atoms with Crippen molar-refractivity contribution >= 4 is 71.7 Å². The van der Waals surface area contributed by atoms with Crippen LogP contribution in [0.5, 0.6) is 0 Å². The van der Waals surface area contributed by atoms with Crippen LogP contribution in [0.1, 0.15) is 0 Å². The van der Waals surface area contributed by atoms with Crippen molar-refractivity contribution < 1.29 is 8.83 Å². The maximum absolute atomic E-state index is 6.79. The van der Waals surface area contributed by atoms with Crippen molar-refractivity contribution in [3.63, 3.8) is 0 Å². The van der Waals surface area contributed by atoms with Crippen molar-refractivity contribution in [3.8, 4) is 22.3 Å². The van der Waals surface area contributed by atoms with Crippen molar-refractivity contribution in [1.29, 1.82) is 0 Å². The molecule has 10 aromatic rings. The molecule has 0 N–H and O–H groups in total. The van der Waals surface area contributed by atoms with Crippen LogP contribution in [-0.4, -0.2) is 0 Å². The third kappa shape index (κ3) is 4.51. The first-order chi connectivity index (χ1) is 24.3. The van der Waals surface area contributed by atoms with Crippen LogP contribution in [0.25, 0.3) is 76.9 Å². The van der Waals surface area contributed by atoms with Gasteiger partial charge in [-0.3, -0.25) is 0 Å². The molecule has 0 spiro atoms. The fraction of sp³-hybridized carbons (Fsp3) is 0. The first kappa shape index (κ1) is 27.5. The van der Waals surface area contributed by atoms with E-state index in [0.717, 1.165) is 77.5 Å². The van der Waals surface area contributed by atoms with E-state index in [-0.39, 0.29) is 0 Å². The highest BCUT2D eigenvalue weighted by Gasteiger charge is 2.23. The summed E-state index contributed by atoms with van der Waals surface area (Å²) in [6, 6.07) is 62.0. The molecule has 3 heteroatoms. The molecule has 2 aromatic heterocycles. The lowest BCUT2D eigenvalue weighted by molar-refractivity contribution is 0.667.